The molecule has 0 aliphatic rings. The summed E-state index contributed by atoms with van der Waals surface area (Å²) in [6.45, 7) is 0. The summed E-state index contributed by atoms with van der Waals surface area (Å²) in [4.78, 5) is 12.6. The zero-order valence-corrected chi connectivity index (χ0v) is 22.2. The minimum absolute atomic E-state index is 0.0226. The summed E-state index contributed by atoms with van der Waals surface area (Å²) >= 11 is 13.1. The van der Waals surface area contributed by atoms with Crippen LogP contribution in [0.15, 0.2) is 59.8 Å². The van der Waals surface area contributed by atoms with Gasteiger partial charge in [0.15, 0.2) is 22.5 Å². The minimum atomic E-state index is -0.388. The van der Waals surface area contributed by atoms with Crippen molar-refractivity contribution in [2.45, 2.75) is 5.16 Å². The quantitative estimate of drug-likeness (QED) is 0.245. The Balaban J connectivity index is 1.68. The number of methoxy groups -OCH3 is 3. The van der Waals surface area contributed by atoms with E-state index in [0.717, 1.165) is 11.8 Å². The number of hydrogen-bond acceptors (Lipinski definition) is 7. The fourth-order valence-corrected chi connectivity index (χ4v) is 4.53. The molecule has 1 heterocycles. The highest BCUT2D eigenvalue weighted by atomic mass is 35.5. The Hall–Kier alpha value is -3.47. The first-order valence-corrected chi connectivity index (χ1v) is 12.5. The van der Waals surface area contributed by atoms with Gasteiger partial charge in [-0.25, -0.2) is 4.39 Å². The molecule has 0 aliphatic heterocycles. The summed E-state index contributed by atoms with van der Waals surface area (Å²) in [6.07, 6.45) is 0. The molecule has 1 N–H and O–H groups in total. The third-order valence-corrected chi connectivity index (χ3v) is 6.84. The molecule has 0 spiro atoms. The lowest BCUT2D eigenvalue weighted by atomic mass is 10.1. The maximum Gasteiger partial charge on any atom is 0.234 e. The van der Waals surface area contributed by atoms with Crippen molar-refractivity contribution in [2.24, 2.45) is 0 Å². The maximum absolute atomic E-state index is 13.7. The second-order valence-corrected chi connectivity index (χ2v) is 9.25. The van der Waals surface area contributed by atoms with E-state index in [-0.39, 0.29) is 17.5 Å². The number of benzene rings is 3. The molecule has 1 aromatic heterocycles. The van der Waals surface area contributed by atoms with Gasteiger partial charge in [0.2, 0.25) is 11.7 Å². The van der Waals surface area contributed by atoms with E-state index in [4.69, 9.17) is 37.4 Å². The van der Waals surface area contributed by atoms with Gasteiger partial charge in [-0.1, -0.05) is 35.0 Å². The van der Waals surface area contributed by atoms with E-state index >= 15 is 0 Å². The summed E-state index contributed by atoms with van der Waals surface area (Å²) in [5.74, 6) is 1.07. The van der Waals surface area contributed by atoms with Gasteiger partial charge in [0.25, 0.3) is 0 Å². The van der Waals surface area contributed by atoms with Crippen molar-refractivity contribution >= 4 is 46.6 Å². The molecule has 4 rings (SSSR count). The van der Waals surface area contributed by atoms with Crippen LogP contribution in [-0.2, 0) is 4.79 Å². The molecule has 1 amide bonds. The largest absolute Gasteiger partial charge is 0.493 e. The molecular formula is C25H21Cl2FN4O4S. The molecule has 0 atom stereocenters. The molecule has 0 saturated heterocycles. The van der Waals surface area contributed by atoms with E-state index < -0.39 is 0 Å². The highest BCUT2D eigenvalue weighted by Gasteiger charge is 2.21. The number of thioether (sulfide) groups is 1. The second kappa shape index (κ2) is 11.7. The number of rotatable bonds is 9. The van der Waals surface area contributed by atoms with Crippen molar-refractivity contribution in [1.82, 2.24) is 14.8 Å². The number of ether oxygens (including phenoxy) is 3. The predicted molar refractivity (Wildman–Crippen MR) is 142 cm³/mol. The topological polar surface area (TPSA) is 87.5 Å². The highest BCUT2D eigenvalue weighted by molar-refractivity contribution is 7.99. The van der Waals surface area contributed by atoms with Crippen LogP contribution >= 0.6 is 35.0 Å². The van der Waals surface area contributed by atoms with Gasteiger partial charge in [-0.3, -0.25) is 9.36 Å². The van der Waals surface area contributed by atoms with Gasteiger partial charge >= 0.3 is 0 Å². The van der Waals surface area contributed by atoms with Crippen molar-refractivity contribution in [2.75, 3.05) is 32.4 Å². The molecule has 4 aromatic rings. The van der Waals surface area contributed by atoms with Crippen molar-refractivity contribution in [3.05, 3.63) is 70.5 Å². The Morgan fingerprint density at radius 2 is 1.62 bits per heavy atom. The van der Waals surface area contributed by atoms with Gasteiger partial charge in [-0.15, -0.1) is 10.2 Å². The van der Waals surface area contributed by atoms with Crippen LogP contribution in [0.25, 0.3) is 17.1 Å². The smallest absolute Gasteiger partial charge is 0.234 e. The lowest BCUT2D eigenvalue weighted by Gasteiger charge is -2.15. The van der Waals surface area contributed by atoms with Gasteiger partial charge in [0.1, 0.15) is 5.82 Å². The molecule has 0 radical (unpaired) electrons. The van der Waals surface area contributed by atoms with Crippen LogP contribution in [0.4, 0.5) is 10.1 Å². The van der Waals surface area contributed by atoms with Crippen molar-refractivity contribution in [1.29, 1.82) is 0 Å². The van der Waals surface area contributed by atoms with E-state index in [1.165, 1.54) is 33.5 Å². The summed E-state index contributed by atoms with van der Waals surface area (Å²) in [5, 5.41) is 12.6. The van der Waals surface area contributed by atoms with Gasteiger partial charge in [0, 0.05) is 16.9 Å². The SMILES string of the molecule is COc1cc(-c2nnc(SCC(=O)Nc3ccc(Cl)c(Cl)c3)n2-c2ccc(F)cc2)cc(OC)c1OC. The van der Waals surface area contributed by atoms with Crippen LogP contribution in [0.5, 0.6) is 17.2 Å². The number of halogens is 3. The maximum atomic E-state index is 13.7. The van der Waals surface area contributed by atoms with E-state index in [1.54, 1.807) is 47.0 Å². The monoisotopic (exact) mass is 562 g/mol. The number of aromatic nitrogens is 3. The molecule has 3 aromatic carbocycles. The summed E-state index contributed by atoms with van der Waals surface area (Å²) < 4.78 is 31.8. The predicted octanol–water partition coefficient (Wildman–Crippen LogP) is 6.14. The standard InChI is InChI=1S/C25H21Cl2FN4O4S/c1-34-20-10-14(11-21(35-2)23(20)36-3)24-30-31-25(32(24)17-7-4-15(28)5-8-17)37-13-22(33)29-16-6-9-18(26)19(27)12-16/h4-12H,13H2,1-3H3,(H,29,33). The molecule has 192 valence electrons. The number of amides is 1. The number of anilines is 1. The number of nitrogens with one attached hydrogen (secondary N) is 1. The molecule has 0 bridgehead atoms. The van der Waals surface area contributed by atoms with Gasteiger partial charge < -0.3 is 19.5 Å². The fraction of sp³-hybridized carbons (Fsp3) is 0.160. The first kappa shape index (κ1) is 26.6. The minimum Gasteiger partial charge on any atom is -0.493 e. The van der Waals surface area contributed by atoms with Crippen LogP contribution < -0.4 is 19.5 Å². The Morgan fingerprint density at radius 3 is 2.22 bits per heavy atom. The Labute approximate surface area is 226 Å². The third-order valence-electron chi connectivity index (χ3n) is 5.18. The van der Waals surface area contributed by atoms with Crippen molar-refractivity contribution < 1.29 is 23.4 Å². The molecule has 0 unspecified atom stereocenters. The Morgan fingerprint density at radius 1 is 0.946 bits per heavy atom. The average molecular weight is 563 g/mol. The first-order chi connectivity index (χ1) is 17.8. The Kier molecular flexibility index (Phi) is 8.42. The molecule has 12 heteroatoms. The zero-order chi connectivity index (χ0) is 26.5. The van der Waals surface area contributed by atoms with Gasteiger partial charge in [-0.2, -0.15) is 0 Å². The van der Waals surface area contributed by atoms with Crippen LogP contribution in [0.1, 0.15) is 0 Å². The number of carbonyl (C=O) groups excluding carboxylic acids is 1. The third kappa shape index (κ3) is 5.93. The average Bonchev–Trinajstić information content (AvgIpc) is 3.33. The second-order valence-electron chi connectivity index (χ2n) is 7.50. The van der Waals surface area contributed by atoms with E-state index in [2.05, 4.69) is 15.5 Å². The zero-order valence-electron chi connectivity index (χ0n) is 19.9. The molecule has 0 saturated carbocycles. The van der Waals surface area contributed by atoms with Crippen molar-refractivity contribution in [3.63, 3.8) is 0 Å². The van der Waals surface area contributed by atoms with E-state index in [9.17, 15) is 9.18 Å². The van der Waals surface area contributed by atoms with Crippen LogP contribution in [0, 0.1) is 5.82 Å². The molecular weight excluding hydrogens is 542 g/mol. The summed E-state index contributed by atoms with van der Waals surface area (Å²) in [6, 6.07) is 14.1. The highest BCUT2D eigenvalue weighted by Crippen LogP contribution is 2.41. The van der Waals surface area contributed by atoms with E-state index in [0.29, 0.717) is 55.2 Å². The number of carbonyl (C=O) groups is 1. The van der Waals surface area contributed by atoms with Crippen molar-refractivity contribution in [3.8, 4) is 34.3 Å². The summed E-state index contributed by atoms with van der Waals surface area (Å²) in [5.41, 5.74) is 1.72. The van der Waals surface area contributed by atoms with Gasteiger partial charge in [0.05, 0.1) is 37.1 Å². The molecule has 0 fully saturated rings. The lowest BCUT2D eigenvalue weighted by Crippen LogP contribution is -2.14. The summed E-state index contributed by atoms with van der Waals surface area (Å²) in [7, 11) is 4.54. The number of hydrogen-bond donors (Lipinski definition) is 1. The van der Waals surface area contributed by atoms with E-state index in [1.807, 2.05) is 0 Å². The molecule has 8 nitrogen and oxygen atoms in total. The fourth-order valence-electron chi connectivity index (χ4n) is 3.48. The van der Waals surface area contributed by atoms with Crippen LogP contribution in [-0.4, -0.2) is 47.8 Å². The van der Waals surface area contributed by atoms with Crippen LogP contribution in [0.2, 0.25) is 10.0 Å². The molecule has 37 heavy (non-hydrogen) atoms. The van der Waals surface area contributed by atoms with Crippen LogP contribution in [0.3, 0.4) is 0 Å². The lowest BCUT2D eigenvalue weighted by molar-refractivity contribution is -0.113. The molecule has 0 aliphatic carbocycles. The number of nitrogens with zero attached hydrogens (tertiary/aromatic N) is 3. The Bertz CT molecular complexity index is 1410. The normalized spacial score (nSPS) is 10.8. The first-order valence-electron chi connectivity index (χ1n) is 10.7. The van der Waals surface area contributed by atoms with Gasteiger partial charge in [-0.05, 0) is 54.6 Å².